The molecule has 0 aliphatic heterocycles. The second-order valence-corrected chi connectivity index (χ2v) is 6.77. The summed E-state index contributed by atoms with van der Waals surface area (Å²) in [6.45, 7) is 0. The van der Waals surface area contributed by atoms with Crippen molar-refractivity contribution in [3.05, 3.63) is 72.3 Å². The Hall–Kier alpha value is -4.13. The largest absolute Gasteiger partial charge is 0.493 e. The van der Waals surface area contributed by atoms with E-state index in [2.05, 4.69) is 20.6 Å². The van der Waals surface area contributed by atoms with Gasteiger partial charge in [0.2, 0.25) is 5.95 Å². The van der Waals surface area contributed by atoms with E-state index in [0.717, 1.165) is 16.6 Å². The van der Waals surface area contributed by atoms with Gasteiger partial charge in [0.15, 0.2) is 11.5 Å². The normalized spacial score (nSPS) is 10.5. The van der Waals surface area contributed by atoms with Gasteiger partial charge in [-0.2, -0.15) is 0 Å². The summed E-state index contributed by atoms with van der Waals surface area (Å²) in [4.78, 5) is 22.0. The van der Waals surface area contributed by atoms with Gasteiger partial charge in [0.05, 0.1) is 25.4 Å². The molecule has 7 nitrogen and oxygen atoms in total. The van der Waals surface area contributed by atoms with Gasteiger partial charge in [-0.1, -0.05) is 30.3 Å². The zero-order valence-corrected chi connectivity index (χ0v) is 17.5. The van der Waals surface area contributed by atoms with Gasteiger partial charge in [0.25, 0.3) is 5.91 Å². The lowest BCUT2D eigenvalue weighted by Gasteiger charge is -2.13. The highest BCUT2D eigenvalue weighted by Crippen LogP contribution is 2.36. The number of fused-ring (bicyclic) bond motifs is 1. The SMILES string of the molecule is CNc1nc(-c2cccc(C(=O)Nc3ccccc3)c2)c2cc(OC)c(OC)cc2n1. The molecule has 0 aliphatic carbocycles. The number of carbonyl (C=O) groups excluding carboxylic acids is 1. The van der Waals surface area contributed by atoms with Crippen LogP contribution in [-0.4, -0.2) is 37.1 Å². The van der Waals surface area contributed by atoms with Gasteiger partial charge in [-0.25, -0.2) is 9.97 Å². The van der Waals surface area contributed by atoms with Crippen LogP contribution in [0.25, 0.3) is 22.2 Å². The lowest BCUT2D eigenvalue weighted by Crippen LogP contribution is -2.11. The van der Waals surface area contributed by atoms with Crippen LogP contribution in [0.2, 0.25) is 0 Å². The summed E-state index contributed by atoms with van der Waals surface area (Å²) >= 11 is 0. The Balaban J connectivity index is 1.81. The lowest BCUT2D eigenvalue weighted by atomic mass is 10.0. The number of aromatic nitrogens is 2. The van der Waals surface area contributed by atoms with E-state index in [4.69, 9.17) is 9.47 Å². The maximum atomic E-state index is 12.8. The van der Waals surface area contributed by atoms with Crippen LogP contribution in [0.1, 0.15) is 10.4 Å². The van der Waals surface area contributed by atoms with Crippen LogP contribution >= 0.6 is 0 Å². The molecule has 31 heavy (non-hydrogen) atoms. The molecular formula is C24H22N4O3. The summed E-state index contributed by atoms with van der Waals surface area (Å²) < 4.78 is 10.9. The molecule has 1 heterocycles. The molecule has 0 radical (unpaired) electrons. The number of anilines is 2. The van der Waals surface area contributed by atoms with Crippen molar-refractivity contribution in [1.82, 2.24) is 9.97 Å². The van der Waals surface area contributed by atoms with Crippen molar-refractivity contribution in [2.24, 2.45) is 0 Å². The second-order valence-electron chi connectivity index (χ2n) is 6.77. The van der Waals surface area contributed by atoms with E-state index in [0.29, 0.717) is 34.2 Å². The Morgan fingerprint density at radius 2 is 1.61 bits per heavy atom. The van der Waals surface area contributed by atoms with Crippen LogP contribution in [0.4, 0.5) is 11.6 Å². The molecule has 0 unspecified atom stereocenters. The number of nitrogens with one attached hydrogen (secondary N) is 2. The summed E-state index contributed by atoms with van der Waals surface area (Å²) in [5.41, 5.74) is 3.44. The Morgan fingerprint density at radius 1 is 0.871 bits per heavy atom. The Morgan fingerprint density at radius 3 is 2.32 bits per heavy atom. The van der Waals surface area contributed by atoms with Crippen molar-refractivity contribution in [1.29, 1.82) is 0 Å². The fraction of sp³-hybridized carbons (Fsp3) is 0.125. The van der Waals surface area contributed by atoms with Crippen LogP contribution in [-0.2, 0) is 0 Å². The number of methoxy groups -OCH3 is 2. The molecule has 4 rings (SSSR count). The molecule has 4 aromatic rings. The molecule has 0 saturated heterocycles. The lowest BCUT2D eigenvalue weighted by molar-refractivity contribution is 0.102. The average Bonchev–Trinajstić information content (AvgIpc) is 2.83. The van der Waals surface area contributed by atoms with E-state index in [1.807, 2.05) is 60.7 Å². The molecule has 7 heteroatoms. The second kappa shape index (κ2) is 8.71. The molecule has 156 valence electrons. The van der Waals surface area contributed by atoms with Crippen molar-refractivity contribution in [2.45, 2.75) is 0 Å². The van der Waals surface area contributed by atoms with Gasteiger partial charge in [-0.05, 0) is 30.3 Å². The molecule has 0 saturated carbocycles. The molecule has 0 atom stereocenters. The van der Waals surface area contributed by atoms with Crippen LogP contribution in [0.15, 0.2) is 66.7 Å². The van der Waals surface area contributed by atoms with Gasteiger partial charge in [0.1, 0.15) is 0 Å². The van der Waals surface area contributed by atoms with E-state index in [9.17, 15) is 4.79 Å². The number of para-hydroxylation sites is 1. The summed E-state index contributed by atoms with van der Waals surface area (Å²) in [5.74, 6) is 1.43. The van der Waals surface area contributed by atoms with Crippen LogP contribution in [0.5, 0.6) is 11.5 Å². The number of ether oxygens (including phenoxy) is 2. The van der Waals surface area contributed by atoms with E-state index in [1.165, 1.54) is 0 Å². The maximum absolute atomic E-state index is 12.8. The van der Waals surface area contributed by atoms with Crippen molar-refractivity contribution >= 4 is 28.4 Å². The number of rotatable bonds is 6. The minimum Gasteiger partial charge on any atom is -0.493 e. The molecule has 2 N–H and O–H groups in total. The van der Waals surface area contributed by atoms with E-state index < -0.39 is 0 Å². The fourth-order valence-electron chi connectivity index (χ4n) is 3.32. The van der Waals surface area contributed by atoms with Gasteiger partial charge in [-0.3, -0.25) is 4.79 Å². The zero-order chi connectivity index (χ0) is 21.8. The highest BCUT2D eigenvalue weighted by atomic mass is 16.5. The number of hydrogen-bond donors (Lipinski definition) is 2. The van der Waals surface area contributed by atoms with E-state index >= 15 is 0 Å². The van der Waals surface area contributed by atoms with Crippen molar-refractivity contribution < 1.29 is 14.3 Å². The molecular weight excluding hydrogens is 392 g/mol. The third kappa shape index (κ3) is 4.11. The van der Waals surface area contributed by atoms with Gasteiger partial charge in [0, 0.05) is 35.3 Å². The first-order chi connectivity index (χ1) is 15.1. The third-order valence-electron chi connectivity index (χ3n) is 4.85. The monoisotopic (exact) mass is 414 g/mol. The zero-order valence-electron chi connectivity index (χ0n) is 17.5. The molecule has 0 bridgehead atoms. The fourth-order valence-corrected chi connectivity index (χ4v) is 3.32. The van der Waals surface area contributed by atoms with Crippen molar-refractivity contribution in [3.8, 4) is 22.8 Å². The first-order valence-corrected chi connectivity index (χ1v) is 9.71. The predicted octanol–water partition coefficient (Wildman–Crippen LogP) is 4.61. The molecule has 1 aromatic heterocycles. The van der Waals surface area contributed by atoms with Gasteiger partial charge < -0.3 is 20.1 Å². The summed E-state index contributed by atoms with van der Waals surface area (Å²) in [6, 6.07) is 20.3. The topological polar surface area (TPSA) is 85.4 Å². The summed E-state index contributed by atoms with van der Waals surface area (Å²) in [6.07, 6.45) is 0. The predicted molar refractivity (Wildman–Crippen MR) is 122 cm³/mol. The smallest absolute Gasteiger partial charge is 0.255 e. The quantitative estimate of drug-likeness (QED) is 0.479. The Kier molecular flexibility index (Phi) is 5.66. The van der Waals surface area contributed by atoms with Crippen molar-refractivity contribution in [3.63, 3.8) is 0 Å². The highest BCUT2D eigenvalue weighted by molar-refractivity contribution is 6.05. The number of amides is 1. The molecule has 0 fully saturated rings. The molecule has 1 amide bonds. The molecule has 3 aromatic carbocycles. The van der Waals surface area contributed by atoms with E-state index in [1.54, 1.807) is 27.3 Å². The first-order valence-electron chi connectivity index (χ1n) is 9.71. The maximum Gasteiger partial charge on any atom is 0.255 e. The molecule has 0 spiro atoms. The molecule has 0 aliphatic rings. The minimum atomic E-state index is -0.195. The third-order valence-corrected chi connectivity index (χ3v) is 4.85. The Bertz CT molecular complexity index is 1240. The number of carbonyl (C=O) groups is 1. The number of hydrogen-bond acceptors (Lipinski definition) is 6. The van der Waals surface area contributed by atoms with Gasteiger partial charge in [-0.15, -0.1) is 0 Å². The summed E-state index contributed by atoms with van der Waals surface area (Å²) in [7, 11) is 4.93. The Labute approximate surface area is 180 Å². The van der Waals surface area contributed by atoms with Gasteiger partial charge >= 0.3 is 0 Å². The summed E-state index contributed by atoms with van der Waals surface area (Å²) in [5, 5.41) is 6.69. The number of nitrogens with zero attached hydrogens (tertiary/aromatic N) is 2. The van der Waals surface area contributed by atoms with E-state index in [-0.39, 0.29) is 5.91 Å². The minimum absolute atomic E-state index is 0.195. The average molecular weight is 414 g/mol. The highest BCUT2D eigenvalue weighted by Gasteiger charge is 2.16. The first kappa shape index (κ1) is 20.2. The van der Waals surface area contributed by atoms with Crippen molar-refractivity contribution in [2.75, 3.05) is 31.9 Å². The standard InChI is InChI=1S/C24H22N4O3/c1-25-24-27-19-14-21(31-3)20(30-2)13-18(19)22(28-24)15-8-7-9-16(12-15)23(29)26-17-10-5-4-6-11-17/h4-14H,1-3H3,(H,26,29)(H,25,27,28). The van der Waals surface area contributed by atoms with Crippen LogP contribution < -0.4 is 20.1 Å². The van der Waals surface area contributed by atoms with Crippen LogP contribution in [0.3, 0.4) is 0 Å². The van der Waals surface area contributed by atoms with Crippen LogP contribution in [0, 0.1) is 0 Å². The number of benzene rings is 3.